The highest BCUT2D eigenvalue weighted by atomic mass is 16.6. The van der Waals surface area contributed by atoms with Crippen molar-refractivity contribution in [1.82, 2.24) is 5.32 Å². The van der Waals surface area contributed by atoms with Gasteiger partial charge >= 0.3 is 11.9 Å². The fraction of sp³-hybridized carbons (Fsp3) is 0.818. The molecule has 1 saturated heterocycles. The van der Waals surface area contributed by atoms with E-state index < -0.39 is 61.7 Å². The standard InChI is InChI=1S/C11H19NO9/c13-6-3-21-11(20,9(17)8(6)16)4-12-5(10(18)19)1-2-7(14)15/h5-6,8-9,12-13,16-17,20H,1-4H2,(H,14,15)(H,18,19)/t5-,6+,8+,9-,11?/m0/s1. The van der Waals surface area contributed by atoms with E-state index >= 15 is 0 Å². The molecule has 0 bridgehead atoms. The van der Waals surface area contributed by atoms with E-state index in [0.717, 1.165) is 0 Å². The molecule has 122 valence electrons. The molecule has 0 aromatic rings. The summed E-state index contributed by atoms with van der Waals surface area (Å²) in [4.78, 5) is 21.4. The van der Waals surface area contributed by atoms with E-state index in [0.29, 0.717) is 0 Å². The van der Waals surface area contributed by atoms with Crippen molar-refractivity contribution in [2.45, 2.75) is 43.0 Å². The number of rotatable bonds is 7. The number of hydrogen-bond donors (Lipinski definition) is 7. The van der Waals surface area contributed by atoms with Gasteiger partial charge in [-0.25, -0.2) is 0 Å². The van der Waals surface area contributed by atoms with Crippen molar-refractivity contribution in [1.29, 1.82) is 0 Å². The molecule has 0 aliphatic carbocycles. The molecular formula is C11H19NO9. The Morgan fingerprint density at radius 3 is 2.43 bits per heavy atom. The topological polar surface area (TPSA) is 177 Å². The zero-order valence-electron chi connectivity index (χ0n) is 11.0. The van der Waals surface area contributed by atoms with Gasteiger partial charge in [0.05, 0.1) is 13.2 Å². The second-order valence-electron chi connectivity index (χ2n) is 4.86. The van der Waals surface area contributed by atoms with E-state index in [1.165, 1.54) is 0 Å². The molecule has 0 aromatic carbocycles. The van der Waals surface area contributed by atoms with Crippen molar-refractivity contribution in [3.05, 3.63) is 0 Å². The first-order valence-corrected chi connectivity index (χ1v) is 6.26. The van der Waals surface area contributed by atoms with Crippen LogP contribution in [0.1, 0.15) is 12.8 Å². The second kappa shape index (κ2) is 7.11. The van der Waals surface area contributed by atoms with Crippen molar-refractivity contribution in [2.24, 2.45) is 0 Å². The molecule has 1 aliphatic rings. The summed E-state index contributed by atoms with van der Waals surface area (Å²) in [5.41, 5.74) is 0. The van der Waals surface area contributed by atoms with Crippen LogP contribution in [0.25, 0.3) is 0 Å². The van der Waals surface area contributed by atoms with Crippen molar-refractivity contribution in [3.63, 3.8) is 0 Å². The van der Waals surface area contributed by atoms with Crippen LogP contribution >= 0.6 is 0 Å². The third kappa shape index (κ3) is 4.59. The van der Waals surface area contributed by atoms with Gasteiger partial charge in [0.1, 0.15) is 24.4 Å². The molecule has 1 heterocycles. The first-order chi connectivity index (χ1) is 9.67. The Morgan fingerprint density at radius 1 is 1.29 bits per heavy atom. The summed E-state index contributed by atoms with van der Waals surface area (Å²) < 4.78 is 4.84. The molecule has 0 saturated carbocycles. The number of carboxylic acids is 2. The highest BCUT2D eigenvalue weighted by Crippen LogP contribution is 2.23. The SMILES string of the molecule is O=C(O)CC[C@H](NCC1(O)OC[C@@H](O)[C@@H](O)[C@@H]1O)C(=O)O. The molecule has 1 aliphatic heterocycles. The van der Waals surface area contributed by atoms with Gasteiger partial charge in [0.2, 0.25) is 5.79 Å². The molecule has 7 N–H and O–H groups in total. The van der Waals surface area contributed by atoms with Crippen molar-refractivity contribution in [3.8, 4) is 0 Å². The summed E-state index contributed by atoms with van der Waals surface area (Å²) in [5.74, 6) is -4.78. The van der Waals surface area contributed by atoms with Crippen LogP contribution in [0.5, 0.6) is 0 Å². The summed E-state index contributed by atoms with van der Waals surface area (Å²) in [5, 5.41) is 58.2. The number of aliphatic hydroxyl groups is 4. The van der Waals surface area contributed by atoms with Crippen molar-refractivity contribution >= 4 is 11.9 Å². The van der Waals surface area contributed by atoms with E-state index in [1.54, 1.807) is 0 Å². The average Bonchev–Trinajstić information content (AvgIpc) is 2.40. The number of aliphatic hydroxyl groups excluding tert-OH is 3. The van der Waals surface area contributed by atoms with Gasteiger partial charge < -0.3 is 35.4 Å². The zero-order valence-corrected chi connectivity index (χ0v) is 11.0. The average molecular weight is 309 g/mol. The third-order valence-electron chi connectivity index (χ3n) is 3.23. The maximum atomic E-state index is 11.0. The van der Waals surface area contributed by atoms with Gasteiger partial charge in [-0.2, -0.15) is 0 Å². The number of carboxylic acid groups (broad SMARTS) is 2. The summed E-state index contributed by atoms with van der Waals surface area (Å²) in [6.07, 6.45) is -5.49. The van der Waals surface area contributed by atoms with Crippen molar-refractivity contribution < 1.29 is 45.0 Å². The Hall–Kier alpha value is -1.30. The maximum Gasteiger partial charge on any atom is 0.320 e. The smallest absolute Gasteiger partial charge is 0.320 e. The molecule has 21 heavy (non-hydrogen) atoms. The maximum absolute atomic E-state index is 11.0. The molecule has 0 spiro atoms. The molecule has 1 unspecified atom stereocenters. The number of carbonyl (C=O) groups is 2. The van der Waals surface area contributed by atoms with E-state index in [2.05, 4.69) is 5.32 Å². The highest BCUT2D eigenvalue weighted by molar-refractivity contribution is 5.75. The van der Waals surface area contributed by atoms with Crippen LogP contribution in [0, 0.1) is 0 Å². The Labute approximate surface area is 119 Å². The van der Waals surface area contributed by atoms with Crippen LogP contribution in [0.15, 0.2) is 0 Å². The van der Waals surface area contributed by atoms with E-state index in [9.17, 15) is 30.0 Å². The molecule has 0 radical (unpaired) electrons. The molecular weight excluding hydrogens is 290 g/mol. The largest absolute Gasteiger partial charge is 0.481 e. The van der Waals surface area contributed by atoms with Gasteiger partial charge in [-0.05, 0) is 6.42 Å². The summed E-state index contributed by atoms with van der Waals surface area (Å²) in [7, 11) is 0. The minimum absolute atomic E-state index is 0.234. The normalized spacial score (nSPS) is 34.4. The van der Waals surface area contributed by atoms with Crippen LogP contribution in [-0.4, -0.2) is 85.9 Å². The van der Waals surface area contributed by atoms with Crippen LogP contribution in [0.2, 0.25) is 0 Å². The fourth-order valence-corrected chi connectivity index (χ4v) is 1.90. The Balaban J connectivity index is 2.61. The molecule has 1 rings (SSSR count). The van der Waals surface area contributed by atoms with E-state index in [1.807, 2.05) is 0 Å². The van der Waals surface area contributed by atoms with Crippen LogP contribution in [0.3, 0.4) is 0 Å². The molecule has 10 heteroatoms. The highest BCUT2D eigenvalue weighted by Gasteiger charge is 2.48. The fourth-order valence-electron chi connectivity index (χ4n) is 1.90. The monoisotopic (exact) mass is 309 g/mol. The number of aliphatic carboxylic acids is 2. The lowest BCUT2D eigenvalue weighted by Crippen LogP contribution is -2.65. The van der Waals surface area contributed by atoms with Gasteiger partial charge in [0.15, 0.2) is 0 Å². The quantitative estimate of drug-likeness (QED) is 0.252. The Bertz CT molecular complexity index is 390. The van der Waals surface area contributed by atoms with Crippen LogP contribution < -0.4 is 5.32 Å². The second-order valence-corrected chi connectivity index (χ2v) is 4.86. The lowest BCUT2D eigenvalue weighted by molar-refractivity contribution is -0.318. The van der Waals surface area contributed by atoms with Crippen molar-refractivity contribution in [2.75, 3.05) is 13.2 Å². The number of nitrogens with one attached hydrogen (secondary N) is 1. The van der Waals surface area contributed by atoms with E-state index in [4.69, 9.17) is 14.9 Å². The van der Waals surface area contributed by atoms with Gasteiger partial charge in [0, 0.05) is 6.42 Å². The summed E-state index contributed by atoms with van der Waals surface area (Å²) >= 11 is 0. The number of ether oxygens (including phenoxy) is 1. The molecule has 5 atom stereocenters. The minimum atomic E-state index is -2.28. The number of hydrogen-bond acceptors (Lipinski definition) is 8. The lowest BCUT2D eigenvalue weighted by atomic mass is 9.96. The van der Waals surface area contributed by atoms with Gasteiger partial charge in [-0.1, -0.05) is 0 Å². The molecule has 10 nitrogen and oxygen atoms in total. The van der Waals surface area contributed by atoms with Gasteiger partial charge in [-0.15, -0.1) is 0 Å². The molecule has 0 aromatic heterocycles. The predicted molar refractivity (Wildman–Crippen MR) is 65.2 cm³/mol. The zero-order chi connectivity index (χ0) is 16.2. The predicted octanol–water partition coefficient (Wildman–Crippen LogP) is -3.30. The van der Waals surface area contributed by atoms with E-state index in [-0.39, 0.29) is 6.42 Å². The Morgan fingerprint density at radius 2 is 1.90 bits per heavy atom. The van der Waals surface area contributed by atoms with Crippen LogP contribution in [-0.2, 0) is 14.3 Å². The van der Waals surface area contributed by atoms with Gasteiger partial charge in [-0.3, -0.25) is 14.9 Å². The van der Waals surface area contributed by atoms with Crippen LogP contribution in [0.4, 0.5) is 0 Å². The molecule has 0 amide bonds. The third-order valence-corrected chi connectivity index (χ3v) is 3.23. The summed E-state index contributed by atoms with van der Waals surface area (Å²) in [6, 6.07) is -1.27. The first-order valence-electron chi connectivity index (χ1n) is 6.26. The lowest BCUT2D eigenvalue weighted by Gasteiger charge is -2.42. The van der Waals surface area contributed by atoms with Gasteiger partial charge in [0.25, 0.3) is 0 Å². The summed E-state index contributed by atoms with van der Waals surface area (Å²) in [6.45, 7) is -1.00. The first kappa shape index (κ1) is 17.8. The minimum Gasteiger partial charge on any atom is -0.481 e. The Kier molecular flexibility index (Phi) is 6.01. The molecule has 1 fully saturated rings.